The molecule has 6 nitrogen and oxygen atoms in total. The maximum atomic E-state index is 12.5. The fourth-order valence-electron chi connectivity index (χ4n) is 2.08. The van der Waals surface area contributed by atoms with E-state index in [2.05, 4.69) is 20.9 Å². The van der Waals surface area contributed by atoms with Gasteiger partial charge in [0.1, 0.15) is 0 Å². The molecule has 1 aromatic carbocycles. The molecule has 2 aromatic rings. The lowest BCUT2D eigenvalue weighted by molar-refractivity contribution is -0.150. The second-order valence-electron chi connectivity index (χ2n) is 4.56. The first-order valence-electron chi connectivity index (χ1n) is 6.46. The Kier molecular flexibility index (Phi) is 4.74. The number of fused-ring (bicyclic) bond motifs is 1. The van der Waals surface area contributed by atoms with Gasteiger partial charge in [-0.3, -0.25) is 9.36 Å². The van der Waals surface area contributed by atoms with Crippen LogP contribution >= 0.6 is 15.9 Å². The Morgan fingerprint density at radius 1 is 1.52 bits per heavy atom. The van der Waals surface area contributed by atoms with Crippen molar-refractivity contribution in [3.05, 3.63) is 39.4 Å². The highest BCUT2D eigenvalue weighted by Gasteiger charge is 2.28. The van der Waals surface area contributed by atoms with E-state index in [1.165, 1.54) is 13.3 Å². The minimum Gasteiger partial charge on any atom is -0.464 e. The number of aliphatic hydroxyl groups is 1. The third kappa shape index (κ3) is 3.14. The van der Waals surface area contributed by atoms with Crippen molar-refractivity contribution in [1.29, 1.82) is 0 Å². The topological polar surface area (TPSA) is 81.4 Å². The monoisotopic (exact) mass is 354 g/mol. The van der Waals surface area contributed by atoms with E-state index in [0.29, 0.717) is 10.9 Å². The molecule has 7 heteroatoms. The Morgan fingerprint density at radius 2 is 2.24 bits per heavy atom. The van der Waals surface area contributed by atoms with Crippen LogP contribution < -0.4 is 5.56 Å². The van der Waals surface area contributed by atoms with Gasteiger partial charge in [0.05, 0.1) is 29.9 Å². The molecular weight excluding hydrogens is 340 g/mol. The van der Waals surface area contributed by atoms with Gasteiger partial charge in [-0.25, -0.2) is 9.78 Å². The van der Waals surface area contributed by atoms with E-state index < -0.39 is 23.7 Å². The second kappa shape index (κ2) is 6.36. The molecule has 0 spiro atoms. The van der Waals surface area contributed by atoms with Crippen molar-refractivity contribution < 1.29 is 14.6 Å². The summed E-state index contributed by atoms with van der Waals surface area (Å²) in [5.74, 6) is -0.659. The lowest BCUT2D eigenvalue weighted by Crippen LogP contribution is -2.37. The van der Waals surface area contributed by atoms with E-state index in [1.54, 1.807) is 25.1 Å². The van der Waals surface area contributed by atoms with Crippen LogP contribution in [0.25, 0.3) is 10.9 Å². The van der Waals surface area contributed by atoms with Crippen LogP contribution in [-0.2, 0) is 9.53 Å². The number of halogens is 1. The summed E-state index contributed by atoms with van der Waals surface area (Å²) in [7, 11) is 0. The number of benzene rings is 1. The van der Waals surface area contributed by atoms with Gasteiger partial charge in [0.15, 0.2) is 6.04 Å². The van der Waals surface area contributed by atoms with Crippen molar-refractivity contribution in [3.63, 3.8) is 0 Å². The van der Waals surface area contributed by atoms with Crippen LogP contribution in [0.4, 0.5) is 0 Å². The van der Waals surface area contributed by atoms with Gasteiger partial charge >= 0.3 is 5.97 Å². The third-order valence-corrected chi connectivity index (χ3v) is 3.52. The van der Waals surface area contributed by atoms with Crippen LogP contribution in [0.3, 0.4) is 0 Å². The predicted octanol–water partition coefficient (Wildman–Crippen LogP) is 1.64. The smallest absolute Gasteiger partial charge is 0.331 e. The molecule has 0 bridgehead atoms. The molecule has 0 aliphatic heterocycles. The summed E-state index contributed by atoms with van der Waals surface area (Å²) in [5.41, 5.74) is 0.116. The number of nitrogens with zero attached hydrogens (tertiary/aromatic N) is 2. The molecule has 112 valence electrons. The summed E-state index contributed by atoms with van der Waals surface area (Å²) in [5, 5.41) is 10.2. The summed E-state index contributed by atoms with van der Waals surface area (Å²) >= 11 is 3.31. The molecule has 0 saturated carbocycles. The number of aromatic nitrogens is 2. The second-order valence-corrected chi connectivity index (χ2v) is 5.47. The van der Waals surface area contributed by atoms with Gasteiger partial charge in [-0.05, 0) is 32.0 Å². The molecule has 1 heterocycles. The van der Waals surface area contributed by atoms with Gasteiger partial charge in [0.2, 0.25) is 0 Å². The summed E-state index contributed by atoms with van der Waals surface area (Å²) < 4.78 is 6.82. The molecule has 0 saturated heterocycles. The molecule has 0 fully saturated rings. The van der Waals surface area contributed by atoms with Crippen molar-refractivity contribution in [1.82, 2.24) is 9.55 Å². The minimum absolute atomic E-state index is 0.171. The van der Waals surface area contributed by atoms with Gasteiger partial charge in [0.25, 0.3) is 5.56 Å². The number of rotatable bonds is 4. The SMILES string of the molecule is CCOC(=O)C(C(C)O)n1cnc2cc(Br)ccc2c1=O. The standard InChI is InChI=1S/C14H15BrN2O4/c1-3-21-14(20)12(8(2)18)17-7-16-11-6-9(15)4-5-10(11)13(17)19/h4-8,12,18H,3H2,1-2H3. The highest BCUT2D eigenvalue weighted by Crippen LogP contribution is 2.17. The van der Waals surface area contributed by atoms with Gasteiger partial charge < -0.3 is 9.84 Å². The molecule has 2 atom stereocenters. The molecule has 0 amide bonds. The quantitative estimate of drug-likeness (QED) is 0.844. The molecule has 2 rings (SSSR count). The summed E-state index contributed by atoms with van der Waals surface area (Å²) in [6.45, 7) is 3.26. The number of hydrogen-bond acceptors (Lipinski definition) is 5. The lowest BCUT2D eigenvalue weighted by atomic mass is 10.1. The van der Waals surface area contributed by atoms with E-state index in [-0.39, 0.29) is 6.61 Å². The molecule has 0 aliphatic rings. The van der Waals surface area contributed by atoms with Gasteiger partial charge in [0, 0.05) is 4.47 Å². The van der Waals surface area contributed by atoms with Crippen molar-refractivity contribution in [2.24, 2.45) is 0 Å². The highest BCUT2D eigenvalue weighted by molar-refractivity contribution is 9.10. The Labute approximate surface area is 129 Å². The Morgan fingerprint density at radius 3 is 2.86 bits per heavy atom. The number of aliphatic hydroxyl groups excluding tert-OH is 1. The average molecular weight is 355 g/mol. The van der Waals surface area contributed by atoms with Crippen LogP contribution in [0.5, 0.6) is 0 Å². The van der Waals surface area contributed by atoms with Gasteiger partial charge in [-0.1, -0.05) is 15.9 Å². The Bertz CT molecular complexity index is 726. The van der Waals surface area contributed by atoms with Crippen LogP contribution in [0, 0.1) is 0 Å². The van der Waals surface area contributed by atoms with Crippen LogP contribution in [0.1, 0.15) is 19.9 Å². The molecule has 1 aromatic heterocycles. The fourth-order valence-corrected chi connectivity index (χ4v) is 2.43. The maximum absolute atomic E-state index is 12.5. The lowest BCUT2D eigenvalue weighted by Gasteiger charge is -2.20. The zero-order valence-corrected chi connectivity index (χ0v) is 13.2. The maximum Gasteiger partial charge on any atom is 0.331 e. The Balaban J connectivity index is 2.59. The van der Waals surface area contributed by atoms with Crippen molar-refractivity contribution >= 4 is 32.8 Å². The van der Waals surface area contributed by atoms with E-state index in [1.807, 2.05) is 0 Å². The fraction of sp³-hybridized carbons (Fsp3) is 0.357. The number of ether oxygens (including phenoxy) is 1. The summed E-state index contributed by atoms with van der Waals surface area (Å²) in [6, 6.07) is 3.94. The summed E-state index contributed by atoms with van der Waals surface area (Å²) in [6.07, 6.45) is 0.183. The first kappa shape index (κ1) is 15.7. The zero-order chi connectivity index (χ0) is 15.6. The number of carbonyl (C=O) groups excluding carboxylic acids is 1. The molecule has 1 N–H and O–H groups in total. The Hall–Kier alpha value is -1.73. The van der Waals surface area contributed by atoms with Crippen LogP contribution in [0.15, 0.2) is 33.8 Å². The van der Waals surface area contributed by atoms with E-state index in [9.17, 15) is 14.7 Å². The molecular formula is C14H15BrN2O4. The molecule has 2 unspecified atom stereocenters. The molecule has 0 radical (unpaired) electrons. The third-order valence-electron chi connectivity index (χ3n) is 3.03. The number of carbonyl (C=O) groups is 1. The van der Waals surface area contributed by atoms with Gasteiger partial charge in [-0.2, -0.15) is 0 Å². The van der Waals surface area contributed by atoms with E-state index in [0.717, 1.165) is 9.04 Å². The first-order chi connectivity index (χ1) is 9.95. The van der Waals surface area contributed by atoms with Crippen molar-refractivity contribution in [3.8, 4) is 0 Å². The van der Waals surface area contributed by atoms with Crippen LogP contribution in [0.2, 0.25) is 0 Å². The van der Waals surface area contributed by atoms with E-state index in [4.69, 9.17) is 4.74 Å². The normalized spacial score (nSPS) is 13.9. The van der Waals surface area contributed by atoms with Crippen LogP contribution in [-0.4, -0.2) is 33.3 Å². The highest BCUT2D eigenvalue weighted by atomic mass is 79.9. The van der Waals surface area contributed by atoms with E-state index >= 15 is 0 Å². The largest absolute Gasteiger partial charge is 0.464 e. The first-order valence-corrected chi connectivity index (χ1v) is 7.26. The molecule has 21 heavy (non-hydrogen) atoms. The number of hydrogen-bond donors (Lipinski definition) is 1. The number of esters is 1. The van der Waals surface area contributed by atoms with Crippen molar-refractivity contribution in [2.45, 2.75) is 26.0 Å². The zero-order valence-electron chi connectivity index (χ0n) is 11.6. The van der Waals surface area contributed by atoms with Gasteiger partial charge in [-0.15, -0.1) is 0 Å². The molecule has 0 aliphatic carbocycles. The van der Waals surface area contributed by atoms with Crippen molar-refractivity contribution in [2.75, 3.05) is 6.61 Å². The average Bonchev–Trinajstić information content (AvgIpc) is 2.41. The minimum atomic E-state index is -1.11. The predicted molar refractivity (Wildman–Crippen MR) is 81.1 cm³/mol. The summed E-state index contributed by atoms with van der Waals surface area (Å²) in [4.78, 5) is 28.6.